The molecule has 0 aromatic heterocycles. The van der Waals surface area contributed by atoms with Crippen LogP contribution in [-0.2, 0) is 26.1 Å². The molecule has 1 rings (SSSR count). The molecule has 0 heterocycles. The van der Waals surface area contributed by atoms with Crippen molar-refractivity contribution in [2.45, 2.75) is 18.4 Å². The maximum Gasteiger partial charge on any atom is 0.319 e. The monoisotopic (exact) mass is 290 g/mol. The van der Waals surface area contributed by atoms with E-state index in [2.05, 4.69) is 10.1 Å². The van der Waals surface area contributed by atoms with Crippen LogP contribution in [0, 0.1) is 5.82 Å². The highest BCUT2D eigenvalue weighted by Crippen LogP contribution is 2.13. The highest BCUT2D eigenvalue weighted by Gasteiger charge is 2.11. The predicted octanol–water partition coefficient (Wildman–Crippen LogP) is 0.126. The van der Waals surface area contributed by atoms with Gasteiger partial charge in [0.05, 0.1) is 18.0 Å². The molecule has 0 radical (unpaired) electrons. The molecule has 0 aliphatic rings. The quantitative estimate of drug-likeness (QED) is 0.725. The minimum absolute atomic E-state index is 0.0514. The van der Waals surface area contributed by atoms with Gasteiger partial charge in [-0.3, -0.25) is 4.79 Å². The summed E-state index contributed by atoms with van der Waals surface area (Å²) in [4.78, 5) is 10.7. The fraction of sp³-hybridized carbons (Fsp3) is 0.364. The molecule has 1 aromatic rings. The van der Waals surface area contributed by atoms with E-state index in [-0.39, 0.29) is 30.2 Å². The van der Waals surface area contributed by atoms with Gasteiger partial charge in [-0.25, -0.2) is 17.9 Å². The highest BCUT2D eigenvalue weighted by atomic mass is 32.2. The number of sulfonamides is 1. The Hall–Kier alpha value is -1.51. The van der Waals surface area contributed by atoms with Crippen molar-refractivity contribution in [2.24, 2.45) is 5.14 Å². The topological polar surface area (TPSA) is 98.5 Å². The highest BCUT2D eigenvalue weighted by molar-refractivity contribution is 7.89. The summed E-state index contributed by atoms with van der Waals surface area (Å²) in [6.07, 6.45) is 0. The molecule has 106 valence electrons. The van der Waals surface area contributed by atoms with Gasteiger partial charge in [0.2, 0.25) is 10.0 Å². The Morgan fingerprint density at radius 2 is 2.16 bits per heavy atom. The molecule has 3 N–H and O–H groups in total. The van der Waals surface area contributed by atoms with E-state index in [0.717, 1.165) is 6.07 Å². The number of hydrogen-bond donors (Lipinski definition) is 2. The SMILES string of the molecule is CCOC(=O)CNCc1ccc(S(N)(=O)=O)cc1F. The Balaban J connectivity index is 2.64. The minimum atomic E-state index is -3.92. The van der Waals surface area contributed by atoms with Crippen LogP contribution in [0.4, 0.5) is 4.39 Å². The Labute approximate surface area is 110 Å². The van der Waals surface area contributed by atoms with Crippen LogP contribution in [0.5, 0.6) is 0 Å². The molecule has 8 heteroatoms. The number of esters is 1. The maximum absolute atomic E-state index is 13.6. The summed E-state index contributed by atoms with van der Waals surface area (Å²) in [5.41, 5.74) is 0.233. The molecule has 6 nitrogen and oxygen atoms in total. The van der Waals surface area contributed by atoms with Gasteiger partial charge in [0.1, 0.15) is 5.82 Å². The fourth-order valence-electron chi connectivity index (χ4n) is 1.36. The summed E-state index contributed by atoms with van der Waals surface area (Å²) >= 11 is 0. The van der Waals surface area contributed by atoms with Gasteiger partial charge < -0.3 is 10.1 Å². The first-order chi connectivity index (χ1) is 8.84. The molecule has 0 saturated carbocycles. The van der Waals surface area contributed by atoms with Gasteiger partial charge in [-0.1, -0.05) is 6.07 Å². The van der Waals surface area contributed by atoms with Gasteiger partial charge >= 0.3 is 5.97 Å². The lowest BCUT2D eigenvalue weighted by atomic mass is 10.2. The zero-order valence-electron chi connectivity index (χ0n) is 10.3. The number of carbonyl (C=O) groups is 1. The van der Waals surface area contributed by atoms with Crippen LogP contribution >= 0.6 is 0 Å². The molecule has 0 unspecified atom stereocenters. The Morgan fingerprint density at radius 3 is 2.68 bits per heavy atom. The molecule has 0 fully saturated rings. The number of nitrogens with two attached hydrogens (primary N) is 1. The summed E-state index contributed by atoms with van der Waals surface area (Å²) in [5.74, 6) is -1.15. The van der Waals surface area contributed by atoms with Crippen LogP contribution < -0.4 is 10.5 Å². The molecular formula is C11H15FN2O4S. The molecule has 0 aliphatic heterocycles. The van der Waals surface area contributed by atoms with Crippen LogP contribution in [0.25, 0.3) is 0 Å². The number of nitrogens with one attached hydrogen (secondary N) is 1. The summed E-state index contributed by atoms with van der Waals surface area (Å²) in [6, 6.07) is 3.35. The van der Waals surface area contributed by atoms with E-state index < -0.39 is 21.8 Å². The van der Waals surface area contributed by atoms with Crippen molar-refractivity contribution in [3.05, 3.63) is 29.6 Å². The van der Waals surface area contributed by atoms with E-state index in [1.807, 2.05) is 0 Å². The van der Waals surface area contributed by atoms with E-state index in [9.17, 15) is 17.6 Å². The van der Waals surface area contributed by atoms with Gasteiger partial charge in [0, 0.05) is 12.1 Å². The Morgan fingerprint density at radius 1 is 1.47 bits per heavy atom. The van der Waals surface area contributed by atoms with E-state index in [1.54, 1.807) is 6.92 Å². The van der Waals surface area contributed by atoms with Gasteiger partial charge in [0.25, 0.3) is 0 Å². The molecule has 0 atom stereocenters. The van der Waals surface area contributed by atoms with Crippen molar-refractivity contribution in [2.75, 3.05) is 13.2 Å². The standard InChI is InChI=1S/C11H15FN2O4S/c1-2-18-11(15)7-14-6-8-3-4-9(5-10(8)12)19(13,16)17/h3-5,14H,2,6-7H2,1H3,(H2,13,16,17). The zero-order chi connectivity index (χ0) is 14.5. The first-order valence-corrected chi connectivity index (χ1v) is 7.06. The van der Waals surface area contributed by atoms with Gasteiger partial charge in [0.15, 0.2) is 0 Å². The molecular weight excluding hydrogens is 275 g/mol. The summed E-state index contributed by atoms with van der Waals surface area (Å²) in [5, 5.41) is 7.57. The first-order valence-electron chi connectivity index (χ1n) is 5.52. The molecule has 1 aromatic carbocycles. The van der Waals surface area contributed by atoms with Crippen LogP contribution in [0.15, 0.2) is 23.1 Å². The van der Waals surface area contributed by atoms with Crippen molar-refractivity contribution in [3.8, 4) is 0 Å². The average molecular weight is 290 g/mol. The van der Waals surface area contributed by atoms with Crippen LogP contribution in [0.2, 0.25) is 0 Å². The lowest BCUT2D eigenvalue weighted by Crippen LogP contribution is -2.24. The number of rotatable bonds is 6. The number of primary sulfonamides is 1. The third-order valence-electron chi connectivity index (χ3n) is 2.24. The van der Waals surface area contributed by atoms with Crippen LogP contribution in [0.3, 0.4) is 0 Å². The van der Waals surface area contributed by atoms with E-state index in [0.29, 0.717) is 0 Å². The summed E-state index contributed by atoms with van der Waals surface area (Å²) < 4.78 is 40.3. The van der Waals surface area contributed by atoms with Crippen molar-refractivity contribution < 1.29 is 22.3 Å². The molecule has 19 heavy (non-hydrogen) atoms. The zero-order valence-corrected chi connectivity index (χ0v) is 11.2. The normalized spacial score (nSPS) is 11.3. The molecule has 0 saturated heterocycles. The van der Waals surface area contributed by atoms with Gasteiger partial charge in [-0.2, -0.15) is 0 Å². The second kappa shape index (κ2) is 6.60. The summed E-state index contributed by atoms with van der Waals surface area (Å²) in [7, 11) is -3.92. The van der Waals surface area contributed by atoms with Gasteiger partial charge in [-0.05, 0) is 19.1 Å². The summed E-state index contributed by atoms with van der Waals surface area (Å²) in [6.45, 7) is 1.99. The van der Waals surface area contributed by atoms with Crippen LogP contribution in [0.1, 0.15) is 12.5 Å². The Bertz CT molecular complexity index is 560. The third-order valence-corrected chi connectivity index (χ3v) is 3.15. The van der Waals surface area contributed by atoms with Crippen LogP contribution in [-0.4, -0.2) is 27.5 Å². The minimum Gasteiger partial charge on any atom is -0.465 e. The predicted molar refractivity (Wildman–Crippen MR) is 66.1 cm³/mol. The van der Waals surface area contributed by atoms with Crippen molar-refractivity contribution in [1.82, 2.24) is 5.32 Å². The molecule has 0 spiro atoms. The number of carbonyl (C=O) groups excluding carboxylic acids is 1. The number of ether oxygens (including phenoxy) is 1. The second-order valence-electron chi connectivity index (χ2n) is 3.71. The van der Waals surface area contributed by atoms with Crippen molar-refractivity contribution in [1.29, 1.82) is 0 Å². The molecule has 0 bridgehead atoms. The lowest BCUT2D eigenvalue weighted by Gasteiger charge is -2.07. The molecule has 0 aliphatic carbocycles. The Kier molecular flexibility index (Phi) is 5.40. The van der Waals surface area contributed by atoms with Gasteiger partial charge in [-0.15, -0.1) is 0 Å². The van der Waals surface area contributed by atoms with E-state index in [1.165, 1.54) is 12.1 Å². The van der Waals surface area contributed by atoms with Crippen molar-refractivity contribution in [3.63, 3.8) is 0 Å². The number of halogens is 1. The second-order valence-corrected chi connectivity index (χ2v) is 5.27. The van der Waals surface area contributed by atoms with Crippen molar-refractivity contribution >= 4 is 16.0 Å². The number of hydrogen-bond acceptors (Lipinski definition) is 5. The lowest BCUT2D eigenvalue weighted by molar-refractivity contribution is -0.142. The molecule has 0 amide bonds. The largest absolute Gasteiger partial charge is 0.465 e. The fourth-order valence-corrected chi connectivity index (χ4v) is 1.89. The van der Waals surface area contributed by atoms with E-state index >= 15 is 0 Å². The number of benzene rings is 1. The van der Waals surface area contributed by atoms with E-state index in [4.69, 9.17) is 5.14 Å². The smallest absolute Gasteiger partial charge is 0.319 e. The average Bonchev–Trinajstić information content (AvgIpc) is 2.30. The maximum atomic E-state index is 13.6. The first kappa shape index (κ1) is 15.5. The third kappa shape index (κ3) is 4.93.